The molecule has 1 heterocycles. The molecule has 1 aliphatic heterocycles. The van der Waals surface area contributed by atoms with Gasteiger partial charge in [0.05, 0.1) is 0 Å². The van der Waals surface area contributed by atoms with E-state index in [0.29, 0.717) is 11.8 Å². The molecular weight excluding hydrogens is 230 g/mol. The van der Waals surface area contributed by atoms with Crippen LogP contribution < -0.4 is 0 Å². The van der Waals surface area contributed by atoms with Crippen molar-refractivity contribution < 1.29 is 4.79 Å². The Bertz CT molecular complexity index is 230. The fraction of sp³-hybridized carbons (Fsp3) is 0.929. The van der Waals surface area contributed by atoms with Gasteiger partial charge >= 0.3 is 0 Å². The van der Waals surface area contributed by atoms with Gasteiger partial charge in [-0.2, -0.15) is 12.6 Å². The molecule has 0 radical (unpaired) electrons. The Morgan fingerprint density at radius 2 is 2.06 bits per heavy atom. The van der Waals surface area contributed by atoms with E-state index in [4.69, 9.17) is 0 Å². The minimum atomic E-state index is 0.374. The SMILES string of the molecule is CC(C)C1CCC(=O)N(CCCCCS)CC1. The predicted molar refractivity (Wildman–Crippen MR) is 76.5 cm³/mol. The van der Waals surface area contributed by atoms with Crippen LogP contribution in [-0.4, -0.2) is 29.6 Å². The first kappa shape index (κ1) is 14.9. The van der Waals surface area contributed by atoms with Crippen LogP contribution in [0, 0.1) is 11.8 Å². The summed E-state index contributed by atoms with van der Waals surface area (Å²) in [6.45, 7) is 6.48. The summed E-state index contributed by atoms with van der Waals surface area (Å²) in [4.78, 5) is 14.0. The molecule has 2 nitrogen and oxygen atoms in total. The standard InChI is InChI=1S/C14H27NOS/c1-12(2)13-6-7-14(16)15(10-8-13)9-4-3-5-11-17/h12-13,17H,3-11H2,1-2H3. The lowest BCUT2D eigenvalue weighted by molar-refractivity contribution is -0.130. The van der Waals surface area contributed by atoms with Crippen molar-refractivity contribution in [2.24, 2.45) is 11.8 Å². The van der Waals surface area contributed by atoms with Crippen molar-refractivity contribution in [2.45, 2.75) is 52.4 Å². The maximum absolute atomic E-state index is 12.0. The molecule has 0 aromatic carbocycles. The van der Waals surface area contributed by atoms with Gasteiger partial charge in [0, 0.05) is 19.5 Å². The molecular formula is C14H27NOS. The van der Waals surface area contributed by atoms with Gasteiger partial charge in [0.25, 0.3) is 0 Å². The molecule has 1 aliphatic rings. The van der Waals surface area contributed by atoms with Crippen LogP contribution in [0.25, 0.3) is 0 Å². The highest BCUT2D eigenvalue weighted by Crippen LogP contribution is 2.25. The van der Waals surface area contributed by atoms with E-state index in [2.05, 4.69) is 31.4 Å². The number of nitrogens with zero attached hydrogens (tertiary/aromatic N) is 1. The lowest BCUT2D eigenvalue weighted by Crippen LogP contribution is -2.31. The lowest BCUT2D eigenvalue weighted by Gasteiger charge is -2.21. The van der Waals surface area contributed by atoms with E-state index in [1.165, 1.54) is 19.3 Å². The van der Waals surface area contributed by atoms with E-state index < -0.39 is 0 Å². The van der Waals surface area contributed by atoms with E-state index in [0.717, 1.165) is 44.0 Å². The Kier molecular flexibility index (Phi) is 7.02. The van der Waals surface area contributed by atoms with E-state index >= 15 is 0 Å². The zero-order chi connectivity index (χ0) is 12.7. The Hall–Kier alpha value is -0.180. The van der Waals surface area contributed by atoms with Crippen LogP contribution in [-0.2, 0) is 4.79 Å². The van der Waals surface area contributed by atoms with Crippen LogP contribution in [0.5, 0.6) is 0 Å². The third-order valence-corrected chi connectivity index (χ3v) is 4.20. The zero-order valence-electron chi connectivity index (χ0n) is 11.3. The van der Waals surface area contributed by atoms with Crippen molar-refractivity contribution in [3.05, 3.63) is 0 Å². The maximum Gasteiger partial charge on any atom is 0.222 e. The molecule has 0 aliphatic carbocycles. The third-order valence-electron chi connectivity index (χ3n) is 3.88. The fourth-order valence-corrected chi connectivity index (χ4v) is 2.78. The number of hydrogen-bond donors (Lipinski definition) is 1. The van der Waals surface area contributed by atoms with Crippen molar-refractivity contribution in [3.8, 4) is 0 Å². The van der Waals surface area contributed by atoms with Gasteiger partial charge in [-0.25, -0.2) is 0 Å². The summed E-state index contributed by atoms with van der Waals surface area (Å²) in [6.07, 6.45) is 6.54. The Labute approximate surface area is 112 Å². The molecule has 0 aromatic rings. The van der Waals surface area contributed by atoms with Gasteiger partial charge in [-0.3, -0.25) is 4.79 Å². The Morgan fingerprint density at radius 1 is 1.29 bits per heavy atom. The van der Waals surface area contributed by atoms with Gasteiger partial charge in [0.2, 0.25) is 5.91 Å². The molecule has 0 spiro atoms. The first-order valence-electron chi connectivity index (χ1n) is 7.03. The number of unbranched alkanes of at least 4 members (excludes halogenated alkanes) is 2. The Balaban J connectivity index is 2.32. The van der Waals surface area contributed by atoms with E-state index in [1.807, 2.05) is 0 Å². The highest BCUT2D eigenvalue weighted by Gasteiger charge is 2.23. The summed E-state index contributed by atoms with van der Waals surface area (Å²) in [7, 11) is 0. The molecule has 0 N–H and O–H groups in total. The summed E-state index contributed by atoms with van der Waals surface area (Å²) >= 11 is 4.21. The summed E-state index contributed by atoms with van der Waals surface area (Å²) in [5.74, 6) is 2.79. The normalized spacial score (nSPS) is 22.0. The minimum Gasteiger partial charge on any atom is -0.343 e. The lowest BCUT2D eigenvalue weighted by atomic mass is 9.89. The van der Waals surface area contributed by atoms with E-state index in [-0.39, 0.29) is 0 Å². The molecule has 1 amide bonds. The zero-order valence-corrected chi connectivity index (χ0v) is 12.2. The number of likely N-dealkylation sites (tertiary alicyclic amines) is 1. The summed E-state index contributed by atoms with van der Waals surface area (Å²) in [5.41, 5.74) is 0. The van der Waals surface area contributed by atoms with Crippen molar-refractivity contribution in [1.82, 2.24) is 4.90 Å². The topological polar surface area (TPSA) is 20.3 Å². The molecule has 1 rings (SSSR count). The summed E-state index contributed by atoms with van der Waals surface area (Å²) < 4.78 is 0. The van der Waals surface area contributed by atoms with Crippen LogP contribution in [0.3, 0.4) is 0 Å². The first-order valence-corrected chi connectivity index (χ1v) is 7.67. The number of amides is 1. The molecule has 1 fully saturated rings. The second-order valence-corrected chi connectivity index (χ2v) is 5.94. The van der Waals surface area contributed by atoms with Crippen molar-refractivity contribution in [3.63, 3.8) is 0 Å². The number of carbonyl (C=O) groups is 1. The average Bonchev–Trinajstić information content (AvgIpc) is 2.48. The fourth-order valence-electron chi connectivity index (χ4n) is 2.55. The molecule has 17 heavy (non-hydrogen) atoms. The summed E-state index contributed by atoms with van der Waals surface area (Å²) in [6, 6.07) is 0. The molecule has 100 valence electrons. The maximum atomic E-state index is 12.0. The predicted octanol–water partition coefficient (Wildman–Crippen LogP) is 3.37. The van der Waals surface area contributed by atoms with Crippen LogP contribution in [0.15, 0.2) is 0 Å². The van der Waals surface area contributed by atoms with Crippen LogP contribution in [0.2, 0.25) is 0 Å². The van der Waals surface area contributed by atoms with Crippen molar-refractivity contribution in [2.75, 3.05) is 18.8 Å². The van der Waals surface area contributed by atoms with Gasteiger partial charge in [0.15, 0.2) is 0 Å². The quantitative estimate of drug-likeness (QED) is 0.571. The highest BCUT2D eigenvalue weighted by atomic mass is 32.1. The van der Waals surface area contributed by atoms with Crippen LogP contribution in [0.4, 0.5) is 0 Å². The molecule has 3 heteroatoms. The third kappa shape index (κ3) is 5.33. The van der Waals surface area contributed by atoms with Gasteiger partial charge in [0.1, 0.15) is 0 Å². The molecule has 0 aromatic heterocycles. The van der Waals surface area contributed by atoms with Gasteiger partial charge in [-0.15, -0.1) is 0 Å². The number of carbonyl (C=O) groups excluding carboxylic acids is 1. The second kappa shape index (κ2) is 8.02. The van der Waals surface area contributed by atoms with Gasteiger partial charge < -0.3 is 4.90 Å². The van der Waals surface area contributed by atoms with Crippen molar-refractivity contribution in [1.29, 1.82) is 0 Å². The number of thiol groups is 1. The van der Waals surface area contributed by atoms with E-state index in [1.54, 1.807) is 0 Å². The molecule has 1 saturated heterocycles. The van der Waals surface area contributed by atoms with Crippen LogP contribution in [0.1, 0.15) is 52.4 Å². The monoisotopic (exact) mass is 257 g/mol. The second-order valence-electron chi connectivity index (χ2n) is 5.50. The van der Waals surface area contributed by atoms with E-state index in [9.17, 15) is 4.79 Å². The highest BCUT2D eigenvalue weighted by molar-refractivity contribution is 7.80. The summed E-state index contributed by atoms with van der Waals surface area (Å²) in [5, 5.41) is 0. The van der Waals surface area contributed by atoms with Crippen LogP contribution >= 0.6 is 12.6 Å². The number of hydrogen-bond acceptors (Lipinski definition) is 2. The minimum absolute atomic E-state index is 0.374. The molecule has 1 atom stereocenters. The average molecular weight is 257 g/mol. The van der Waals surface area contributed by atoms with Crippen molar-refractivity contribution >= 4 is 18.5 Å². The molecule has 0 saturated carbocycles. The van der Waals surface area contributed by atoms with Gasteiger partial charge in [-0.1, -0.05) is 20.3 Å². The first-order chi connectivity index (χ1) is 8.15. The van der Waals surface area contributed by atoms with Gasteiger partial charge in [-0.05, 0) is 43.3 Å². The number of rotatable bonds is 6. The Morgan fingerprint density at radius 3 is 2.71 bits per heavy atom. The molecule has 1 unspecified atom stereocenters. The smallest absolute Gasteiger partial charge is 0.222 e. The largest absolute Gasteiger partial charge is 0.343 e. The molecule has 0 bridgehead atoms.